The van der Waals surface area contributed by atoms with Crippen LogP contribution in [0.2, 0.25) is 0 Å². The van der Waals surface area contributed by atoms with E-state index < -0.39 is 11.9 Å². The lowest BCUT2D eigenvalue weighted by Gasteiger charge is -2.44. The highest BCUT2D eigenvalue weighted by atomic mass is 79.9. The largest absolute Gasteiger partial charge is 0.368 e. The summed E-state index contributed by atoms with van der Waals surface area (Å²) in [5.74, 6) is 0.335. The molecule has 1 saturated carbocycles. The standard InChI is InChI=1S/C20H28BrN3O2/c1-23(19(20(22)26)15-7-4-9-16(21)12-15)13-18(25)24-11-5-8-14-6-2-3-10-17(14)24/h4,7,9,12,14,17,19H,2-3,5-6,8,10-11,13H2,1H3,(H2,22,26)/t14-,17+,19+/m0/s1. The van der Waals surface area contributed by atoms with Gasteiger partial charge in [-0.3, -0.25) is 14.5 Å². The zero-order valence-electron chi connectivity index (χ0n) is 15.4. The average Bonchev–Trinajstić information content (AvgIpc) is 2.61. The second-order valence-electron chi connectivity index (χ2n) is 7.62. The lowest BCUT2D eigenvalue weighted by atomic mass is 9.78. The molecule has 1 aromatic rings. The first-order valence-electron chi connectivity index (χ1n) is 9.52. The summed E-state index contributed by atoms with van der Waals surface area (Å²) in [5, 5.41) is 0. The molecule has 3 rings (SSSR count). The molecule has 1 aliphatic carbocycles. The number of carbonyl (C=O) groups is 2. The second-order valence-corrected chi connectivity index (χ2v) is 8.53. The van der Waals surface area contributed by atoms with Gasteiger partial charge < -0.3 is 10.6 Å². The minimum atomic E-state index is -0.608. The third-order valence-electron chi connectivity index (χ3n) is 5.82. The van der Waals surface area contributed by atoms with E-state index in [1.54, 1.807) is 11.9 Å². The van der Waals surface area contributed by atoms with Crippen LogP contribution >= 0.6 is 15.9 Å². The molecular formula is C20H28BrN3O2. The maximum Gasteiger partial charge on any atom is 0.239 e. The van der Waals surface area contributed by atoms with Crippen LogP contribution in [0.25, 0.3) is 0 Å². The molecule has 5 nitrogen and oxygen atoms in total. The predicted octanol–water partition coefficient (Wildman–Crippen LogP) is 3.09. The molecule has 1 aromatic carbocycles. The van der Waals surface area contributed by atoms with E-state index in [0.29, 0.717) is 12.0 Å². The number of hydrogen-bond donors (Lipinski definition) is 1. The van der Waals surface area contributed by atoms with Crippen molar-refractivity contribution in [2.24, 2.45) is 11.7 Å². The molecule has 0 bridgehead atoms. The smallest absolute Gasteiger partial charge is 0.239 e. The normalized spacial score (nSPS) is 24.2. The Morgan fingerprint density at radius 3 is 2.73 bits per heavy atom. The van der Waals surface area contributed by atoms with E-state index >= 15 is 0 Å². The molecule has 0 spiro atoms. The van der Waals surface area contributed by atoms with Crippen molar-refractivity contribution in [3.8, 4) is 0 Å². The van der Waals surface area contributed by atoms with Crippen LogP contribution in [0.4, 0.5) is 0 Å². The zero-order chi connectivity index (χ0) is 18.7. The summed E-state index contributed by atoms with van der Waals surface area (Å²) in [7, 11) is 1.80. The van der Waals surface area contributed by atoms with Crippen molar-refractivity contribution in [2.45, 2.75) is 50.6 Å². The molecule has 1 heterocycles. The van der Waals surface area contributed by atoms with Gasteiger partial charge in [-0.05, 0) is 56.3 Å². The average molecular weight is 422 g/mol. The molecule has 6 heteroatoms. The van der Waals surface area contributed by atoms with Crippen molar-refractivity contribution in [3.05, 3.63) is 34.3 Å². The van der Waals surface area contributed by atoms with Crippen molar-refractivity contribution in [3.63, 3.8) is 0 Å². The molecule has 3 atom stereocenters. The maximum atomic E-state index is 13.0. The Bertz CT molecular complexity index is 664. The quantitative estimate of drug-likeness (QED) is 0.793. The third kappa shape index (κ3) is 4.29. The first-order chi connectivity index (χ1) is 12.5. The van der Waals surface area contributed by atoms with Crippen molar-refractivity contribution in [2.75, 3.05) is 20.1 Å². The minimum Gasteiger partial charge on any atom is -0.368 e. The van der Waals surface area contributed by atoms with Crippen molar-refractivity contribution in [1.82, 2.24) is 9.80 Å². The fourth-order valence-electron chi connectivity index (χ4n) is 4.64. The number of halogens is 1. The lowest BCUT2D eigenvalue weighted by Crippen LogP contribution is -2.52. The Balaban J connectivity index is 1.71. The van der Waals surface area contributed by atoms with E-state index in [1.807, 2.05) is 24.3 Å². The van der Waals surface area contributed by atoms with Gasteiger partial charge in [0, 0.05) is 17.1 Å². The number of benzene rings is 1. The Kier molecular flexibility index (Phi) is 6.35. The van der Waals surface area contributed by atoms with Crippen molar-refractivity contribution < 1.29 is 9.59 Å². The van der Waals surface area contributed by atoms with Crippen LogP contribution in [0.1, 0.15) is 50.1 Å². The number of nitrogens with zero attached hydrogens (tertiary/aromatic N) is 2. The van der Waals surface area contributed by atoms with Crippen LogP contribution in [-0.2, 0) is 9.59 Å². The van der Waals surface area contributed by atoms with Gasteiger partial charge >= 0.3 is 0 Å². The Morgan fingerprint density at radius 1 is 1.27 bits per heavy atom. The molecule has 2 aliphatic rings. The second kappa shape index (κ2) is 8.53. The highest BCUT2D eigenvalue weighted by Crippen LogP contribution is 2.35. The van der Waals surface area contributed by atoms with Crippen molar-refractivity contribution in [1.29, 1.82) is 0 Å². The summed E-state index contributed by atoms with van der Waals surface area (Å²) in [6.45, 7) is 1.05. The van der Waals surface area contributed by atoms with Gasteiger partial charge in [0.2, 0.25) is 11.8 Å². The number of amides is 2. The molecule has 2 amide bonds. The molecule has 1 aliphatic heterocycles. The summed E-state index contributed by atoms with van der Waals surface area (Å²) in [4.78, 5) is 28.9. The molecule has 0 aromatic heterocycles. The monoisotopic (exact) mass is 421 g/mol. The molecule has 2 N–H and O–H groups in total. The molecule has 2 fully saturated rings. The topological polar surface area (TPSA) is 66.6 Å². The van der Waals surface area contributed by atoms with Gasteiger partial charge in [-0.25, -0.2) is 0 Å². The fraction of sp³-hybridized carbons (Fsp3) is 0.600. The maximum absolute atomic E-state index is 13.0. The number of fused-ring (bicyclic) bond motifs is 1. The van der Waals surface area contributed by atoms with E-state index in [-0.39, 0.29) is 12.5 Å². The van der Waals surface area contributed by atoms with Crippen LogP contribution in [0.15, 0.2) is 28.7 Å². The van der Waals surface area contributed by atoms with E-state index in [4.69, 9.17) is 5.73 Å². The summed E-state index contributed by atoms with van der Waals surface area (Å²) in [5.41, 5.74) is 6.46. The molecular weight excluding hydrogens is 394 g/mol. The van der Waals surface area contributed by atoms with E-state index in [2.05, 4.69) is 20.8 Å². The first kappa shape index (κ1) is 19.4. The summed E-state index contributed by atoms with van der Waals surface area (Å²) >= 11 is 3.43. The van der Waals surface area contributed by atoms with Gasteiger partial charge in [-0.2, -0.15) is 0 Å². The van der Waals surface area contributed by atoms with Gasteiger partial charge in [-0.15, -0.1) is 0 Å². The number of carbonyl (C=O) groups excluding carboxylic acids is 2. The highest BCUT2D eigenvalue weighted by Gasteiger charge is 2.36. The Morgan fingerprint density at radius 2 is 2.00 bits per heavy atom. The number of likely N-dealkylation sites (N-methyl/N-ethyl adjacent to an activating group) is 1. The summed E-state index contributed by atoms with van der Waals surface area (Å²) in [6.07, 6.45) is 7.18. The lowest BCUT2D eigenvalue weighted by molar-refractivity contribution is -0.139. The molecule has 1 saturated heterocycles. The number of hydrogen-bond acceptors (Lipinski definition) is 3. The van der Waals surface area contributed by atoms with Gasteiger partial charge in [-0.1, -0.05) is 40.9 Å². The number of primary amides is 1. The van der Waals surface area contributed by atoms with Crippen LogP contribution in [-0.4, -0.2) is 47.8 Å². The first-order valence-corrected chi connectivity index (χ1v) is 10.3. The number of piperidine rings is 1. The molecule has 0 radical (unpaired) electrons. The number of rotatable bonds is 5. The van der Waals surface area contributed by atoms with Crippen LogP contribution in [0.5, 0.6) is 0 Å². The van der Waals surface area contributed by atoms with E-state index in [9.17, 15) is 9.59 Å². The zero-order valence-corrected chi connectivity index (χ0v) is 17.0. The Labute approximate surface area is 164 Å². The highest BCUT2D eigenvalue weighted by molar-refractivity contribution is 9.10. The van der Waals surface area contributed by atoms with Gasteiger partial charge in [0.15, 0.2) is 0 Å². The SMILES string of the molecule is CN(CC(=O)N1CCC[C@@H]2CCCC[C@H]21)[C@@H](C(N)=O)c1cccc(Br)c1. The van der Waals surface area contributed by atoms with Gasteiger partial charge in [0.1, 0.15) is 6.04 Å². The third-order valence-corrected chi connectivity index (χ3v) is 6.32. The molecule has 0 unspecified atom stereocenters. The van der Waals surface area contributed by atoms with E-state index in [0.717, 1.165) is 29.4 Å². The minimum absolute atomic E-state index is 0.116. The molecule has 142 valence electrons. The molecule has 26 heavy (non-hydrogen) atoms. The van der Waals surface area contributed by atoms with Crippen LogP contribution in [0.3, 0.4) is 0 Å². The number of nitrogens with two attached hydrogens (primary N) is 1. The fourth-order valence-corrected chi connectivity index (χ4v) is 5.06. The summed E-state index contributed by atoms with van der Waals surface area (Å²) in [6, 6.07) is 7.32. The van der Waals surface area contributed by atoms with Crippen LogP contribution < -0.4 is 5.73 Å². The predicted molar refractivity (Wildman–Crippen MR) is 105 cm³/mol. The summed E-state index contributed by atoms with van der Waals surface area (Å²) < 4.78 is 0.891. The Hall–Kier alpha value is -1.40. The number of likely N-dealkylation sites (tertiary alicyclic amines) is 1. The van der Waals surface area contributed by atoms with Gasteiger partial charge in [0.25, 0.3) is 0 Å². The van der Waals surface area contributed by atoms with E-state index in [1.165, 1.54) is 25.7 Å². The van der Waals surface area contributed by atoms with Crippen molar-refractivity contribution >= 4 is 27.7 Å². The van der Waals surface area contributed by atoms with Gasteiger partial charge in [0.05, 0.1) is 6.54 Å². The van der Waals surface area contributed by atoms with Crippen LogP contribution in [0, 0.1) is 5.92 Å².